The van der Waals surface area contributed by atoms with Crippen LogP contribution in [0.4, 0.5) is 8.78 Å². The fourth-order valence-electron chi connectivity index (χ4n) is 1.22. The maximum atomic E-state index is 12.3. The van der Waals surface area contributed by atoms with E-state index in [0.29, 0.717) is 17.4 Å². The first kappa shape index (κ1) is 10.7. The van der Waals surface area contributed by atoms with E-state index >= 15 is 0 Å². The first-order valence-corrected chi connectivity index (χ1v) is 4.04. The molecule has 1 aromatic heterocycles. The van der Waals surface area contributed by atoms with Gasteiger partial charge in [0.2, 0.25) is 0 Å². The summed E-state index contributed by atoms with van der Waals surface area (Å²) >= 11 is 0. The zero-order valence-corrected chi connectivity index (χ0v) is 7.63. The number of alkyl halides is 2. The van der Waals surface area contributed by atoms with Gasteiger partial charge in [0.25, 0.3) is 6.43 Å². The Bertz CT molecular complexity index is 353. The topological polar surface area (TPSA) is 56.0 Å². The molecule has 14 heavy (non-hydrogen) atoms. The zero-order chi connectivity index (χ0) is 10.7. The van der Waals surface area contributed by atoms with Crippen LogP contribution >= 0.6 is 0 Å². The molecule has 3 nitrogen and oxygen atoms in total. The minimum absolute atomic E-state index is 0.00259. The lowest BCUT2D eigenvalue weighted by Crippen LogP contribution is -2.08. The second kappa shape index (κ2) is 4.23. The molecular formula is C9H10F2N2O. The number of carbonyl (C=O) groups excluding carboxylic acids is 1. The molecule has 0 radical (unpaired) electrons. The van der Waals surface area contributed by atoms with E-state index in [2.05, 4.69) is 4.98 Å². The Hall–Kier alpha value is -1.36. The molecule has 1 aromatic rings. The number of hydrogen-bond donors (Lipinski definition) is 1. The second-order valence-electron chi connectivity index (χ2n) is 2.85. The molecule has 1 rings (SSSR count). The molecular weight excluding hydrogens is 190 g/mol. The van der Waals surface area contributed by atoms with Crippen molar-refractivity contribution in [1.29, 1.82) is 0 Å². The summed E-state index contributed by atoms with van der Waals surface area (Å²) in [5.74, 6) is 0. The highest BCUT2D eigenvalue weighted by Crippen LogP contribution is 2.20. The maximum absolute atomic E-state index is 12.3. The van der Waals surface area contributed by atoms with Crippen LogP contribution < -0.4 is 5.73 Å². The van der Waals surface area contributed by atoms with Crippen molar-refractivity contribution in [2.45, 2.75) is 19.9 Å². The first-order valence-electron chi connectivity index (χ1n) is 4.04. The highest BCUT2D eigenvalue weighted by molar-refractivity contribution is 5.75. The van der Waals surface area contributed by atoms with Crippen molar-refractivity contribution in [2.24, 2.45) is 5.73 Å². The number of nitrogens with zero attached hydrogens (tertiary/aromatic N) is 1. The third-order valence-corrected chi connectivity index (χ3v) is 1.94. The van der Waals surface area contributed by atoms with Crippen LogP contribution in [0.2, 0.25) is 0 Å². The van der Waals surface area contributed by atoms with E-state index < -0.39 is 6.43 Å². The van der Waals surface area contributed by atoms with Gasteiger partial charge < -0.3 is 5.73 Å². The average molecular weight is 200 g/mol. The van der Waals surface area contributed by atoms with Crippen molar-refractivity contribution in [1.82, 2.24) is 4.98 Å². The molecule has 0 atom stereocenters. The monoisotopic (exact) mass is 200 g/mol. The average Bonchev–Trinajstić information content (AvgIpc) is 2.16. The van der Waals surface area contributed by atoms with Crippen molar-refractivity contribution in [3.05, 3.63) is 28.6 Å². The largest absolute Gasteiger partial charge is 0.326 e. The highest BCUT2D eigenvalue weighted by atomic mass is 19.3. The number of nitrogens with two attached hydrogens (primary N) is 1. The van der Waals surface area contributed by atoms with Crippen LogP contribution in [0.3, 0.4) is 0 Å². The van der Waals surface area contributed by atoms with E-state index in [1.54, 1.807) is 6.92 Å². The van der Waals surface area contributed by atoms with E-state index in [1.165, 1.54) is 6.07 Å². The van der Waals surface area contributed by atoms with E-state index in [1.807, 2.05) is 0 Å². The van der Waals surface area contributed by atoms with E-state index in [4.69, 9.17) is 5.73 Å². The molecule has 2 N–H and O–H groups in total. The summed E-state index contributed by atoms with van der Waals surface area (Å²) in [6.45, 7) is 1.75. The lowest BCUT2D eigenvalue weighted by molar-refractivity contribution is 0.111. The molecule has 0 saturated heterocycles. The normalized spacial score (nSPS) is 10.6. The number of aldehydes is 1. The molecule has 0 bridgehead atoms. The van der Waals surface area contributed by atoms with Gasteiger partial charge in [-0.25, -0.2) is 13.8 Å². The van der Waals surface area contributed by atoms with Gasteiger partial charge in [-0.05, 0) is 24.1 Å². The Morgan fingerprint density at radius 3 is 2.71 bits per heavy atom. The highest BCUT2D eigenvalue weighted by Gasteiger charge is 2.14. The summed E-state index contributed by atoms with van der Waals surface area (Å²) in [4.78, 5) is 14.1. The minimum atomic E-state index is -2.67. The molecule has 0 saturated carbocycles. The number of aryl methyl sites for hydroxylation is 1. The SMILES string of the molecule is Cc1cc(C(F)F)nc(C=O)c1CN. The quantitative estimate of drug-likeness (QED) is 0.754. The Labute approximate surface area is 79.9 Å². The van der Waals surface area contributed by atoms with Crippen molar-refractivity contribution in [3.63, 3.8) is 0 Å². The predicted octanol–water partition coefficient (Wildman–Crippen LogP) is 1.60. The Balaban J connectivity index is 3.31. The van der Waals surface area contributed by atoms with Crippen molar-refractivity contribution in [3.8, 4) is 0 Å². The van der Waals surface area contributed by atoms with Crippen LogP contribution in [0.5, 0.6) is 0 Å². The minimum Gasteiger partial charge on any atom is -0.326 e. The van der Waals surface area contributed by atoms with E-state index in [-0.39, 0.29) is 17.9 Å². The fraction of sp³-hybridized carbons (Fsp3) is 0.333. The predicted molar refractivity (Wildman–Crippen MR) is 47.2 cm³/mol. The third kappa shape index (κ3) is 1.93. The molecule has 0 spiro atoms. The molecule has 0 aromatic carbocycles. The lowest BCUT2D eigenvalue weighted by Gasteiger charge is -2.08. The summed E-state index contributed by atoms with van der Waals surface area (Å²) in [6, 6.07) is 1.25. The summed E-state index contributed by atoms with van der Waals surface area (Å²) in [6.07, 6.45) is -2.22. The summed E-state index contributed by atoms with van der Waals surface area (Å²) in [5.41, 5.74) is 6.07. The number of pyridine rings is 1. The smallest absolute Gasteiger partial charge is 0.280 e. The van der Waals surface area contributed by atoms with E-state index in [0.717, 1.165) is 0 Å². The van der Waals surface area contributed by atoms with Crippen LogP contribution in [-0.2, 0) is 6.54 Å². The fourth-order valence-corrected chi connectivity index (χ4v) is 1.22. The standard InChI is InChI=1S/C9H10F2N2O/c1-5-2-7(9(10)11)13-8(4-14)6(5)3-12/h2,4,9H,3,12H2,1H3. The Morgan fingerprint density at radius 1 is 1.64 bits per heavy atom. The lowest BCUT2D eigenvalue weighted by atomic mass is 10.1. The molecule has 0 fully saturated rings. The van der Waals surface area contributed by atoms with Crippen molar-refractivity contribution >= 4 is 6.29 Å². The molecule has 0 aliphatic heterocycles. The molecule has 0 aliphatic rings. The van der Waals surface area contributed by atoms with Gasteiger partial charge in [-0.15, -0.1) is 0 Å². The van der Waals surface area contributed by atoms with Crippen LogP contribution in [0, 0.1) is 6.92 Å². The van der Waals surface area contributed by atoms with Crippen molar-refractivity contribution < 1.29 is 13.6 Å². The number of carbonyl (C=O) groups is 1. The number of rotatable bonds is 3. The summed E-state index contributed by atoms with van der Waals surface area (Å²) in [5, 5.41) is 0. The molecule has 0 unspecified atom stereocenters. The van der Waals surface area contributed by atoms with Crippen molar-refractivity contribution in [2.75, 3.05) is 0 Å². The van der Waals surface area contributed by atoms with Gasteiger partial charge in [0.15, 0.2) is 6.29 Å². The molecule has 5 heteroatoms. The summed E-state index contributed by atoms with van der Waals surface area (Å²) < 4.78 is 24.6. The van der Waals surface area contributed by atoms with Gasteiger partial charge in [0.05, 0.1) is 0 Å². The van der Waals surface area contributed by atoms with Crippen LogP contribution in [-0.4, -0.2) is 11.3 Å². The van der Waals surface area contributed by atoms with E-state index in [9.17, 15) is 13.6 Å². The van der Waals surface area contributed by atoms with Gasteiger partial charge in [-0.2, -0.15) is 0 Å². The number of aromatic nitrogens is 1. The van der Waals surface area contributed by atoms with Crippen LogP contribution in [0.15, 0.2) is 6.07 Å². The summed E-state index contributed by atoms with van der Waals surface area (Å²) in [7, 11) is 0. The zero-order valence-electron chi connectivity index (χ0n) is 7.63. The van der Waals surface area contributed by atoms with Gasteiger partial charge >= 0.3 is 0 Å². The molecule has 0 aliphatic carbocycles. The Kier molecular flexibility index (Phi) is 3.24. The molecule has 1 heterocycles. The van der Waals surface area contributed by atoms with Crippen LogP contribution in [0.25, 0.3) is 0 Å². The Morgan fingerprint density at radius 2 is 2.29 bits per heavy atom. The maximum Gasteiger partial charge on any atom is 0.280 e. The van der Waals surface area contributed by atoms with Gasteiger partial charge in [0.1, 0.15) is 11.4 Å². The van der Waals surface area contributed by atoms with Gasteiger partial charge in [-0.3, -0.25) is 4.79 Å². The number of hydrogen-bond acceptors (Lipinski definition) is 3. The number of halogens is 2. The van der Waals surface area contributed by atoms with Gasteiger partial charge in [-0.1, -0.05) is 0 Å². The molecule has 76 valence electrons. The first-order chi connectivity index (χ1) is 6.60. The second-order valence-corrected chi connectivity index (χ2v) is 2.85. The van der Waals surface area contributed by atoms with Crippen LogP contribution in [0.1, 0.15) is 33.7 Å². The molecule has 0 amide bonds. The van der Waals surface area contributed by atoms with Gasteiger partial charge in [0, 0.05) is 6.54 Å². The third-order valence-electron chi connectivity index (χ3n) is 1.94.